The van der Waals surface area contributed by atoms with Crippen LogP contribution in [0.5, 0.6) is 0 Å². The van der Waals surface area contributed by atoms with Gasteiger partial charge in [0, 0.05) is 12.6 Å². The van der Waals surface area contributed by atoms with Crippen LogP contribution in [0.25, 0.3) is 11.4 Å². The van der Waals surface area contributed by atoms with E-state index < -0.39 is 0 Å². The molecule has 1 aromatic heterocycles. The third-order valence-corrected chi connectivity index (χ3v) is 4.00. The average molecular weight is 367 g/mol. The molecule has 4 heteroatoms. The molecule has 3 nitrogen and oxygen atoms in total. The zero-order valence-corrected chi connectivity index (χ0v) is 13.8. The summed E-state index contributed by atoms with van der Waals surface area (Å²) >= 11 is 2.31. The highest BCUT2D eigenvalue weighted by Crippen LogP contribution is 2.28. The average Bonchev–Trinajstić information content (AvgIpc) is 2.38. The van der Waals surface area contributed by atoms with Crippen LogP contribution in [0.4, 0.5) is 5.82 Å². The lowest BCUT2D eigenvalue weighted by Crippen LogP contribution is -2.06. The summed E-state index contributed by atoms with van der Waals surface area (Å²) in [7, 11) is 1.90. The van der Waals surface area contributed by atoms with E-state index in [2.05, 4.69) is 71.9 Å². The van der Waals surface area contributed by atoms with Crippen molar-refractivity contribution in [1.29, 1.82) is 0 Å². The molecule has 0 atom stereocenters. The molecule has 0 bridgehead atoms. The summed E-state index contributed by atoms with van der Waals surface area (Å²) < 4.78 is 1.10. The molecule has 0 saturated heterocycles. The number of rotatable bonds is 3. The van der Waals surface area contributed by atoms with Crippen LogP contribution < -0.4 is 5.32 Å². The maximum absolute atomic E-state index is 4.73. The second-order valence-electron chi connectivity index (χ2n) is 4.87. The van der Waals surface area contributed by atoms with Gasteiger partial charge in [-0.25, -0.2) is 9.97 Å². The second kappa shape index (κ2) is 5.86. The number of anilines is 1. The number of aromatic nitrogens is 2. The lowest BCUT2D eigenvalue weighted by atomic mass is 10.1. The van der Waals surface area contributed by atoms with Gasteiger partial charge in [-0.15, -0.1) is 0 Å². The van der Waals surface area contributed by atoms with Crippen molar-refractivity contribution in [3.8, 4) is 11.4 Å². The van der Waals surface area contributed by atoms with Crippen molar-refractivity contribution in [2.45, 2.75) is 26.7 Å². The van der Waals surface area contributed by atoms with Crippen molar-refractivity contribution >= 4 is 28.4 Å². The van der Waals surface area contributed by atoms with Crippen molar-refractivity contribution in [3.05, 3.63) is 39.1 Å². The molecular formula is C15H18IN3. The molecular weight excluding hydrogens is 349 g/mol. The van der Waals surface area contributed by atoms with E-state index in [9.17, 15) is 0 Å². The van der Waals surface area contributed by atoms with Crippen molar-refractivity contribution in [3.63, 3.8) is 0 Å². The van der Waals surface area contributed by atoms with E-state index in [-0.39, 0.29) is 0 Å². The van der Waals surface area contributed by atoms with Gasteiger partial charge in [-0.2, -0.15) is 0 Å². The second-order valence-corrected chi connectivity index (χ2v) is 5.95. The molecule has 100 valence electrons. The summed E-state index contributed by atoms with van der Waals surface area (Å²) in [6.45, 7) is 6.40. The van der Waals surface area contributed by atoms with E-state index in [1.54, 1.807) is 0 Å². The molecule has 0 aliphatic rings. The third-order valence-electron chi connectivity index (χ3n) is 2.94. The number of hydrogen-bond donors (Lipinski definition) is 1. The molecule has 0 fully saturated rings. The maximum Gasteiger partial charge on any atom is 0.161 e. The van der Waals surface area contributed by atoms with Crippen LogP contribution in [0.2, 0.25) is 0 Å². The van der Waals surface area contributed by atoms with Crippen LogP contribution in [0.15, 0.2) is 24.3 Å². The van der Waals surface area contributed by atoms with Crippen molar-refractivity contribution in [2.24, 2.45) is 0 Å². The van der Waals surface area contributed by atoms with Gasteiger partial charge in [-0.3, -0.25) is 0 Å². The normalized spacial score (nSPS) is 10.8. The van der Waals surface area contributed by atoms with Crippen molar-refractivity contribution in [2.75, 3.05) is 12.4 Å². The predicted molar refractivity (Wildman–Crippen MR) is 88.6 cm³/mol. The van der Waals surface area contributed by atoms with Gasteiger partial charge in [0.05, 0.1) is 9.26 Å². The van der Waals surface area contributed by atoms with Crippen LogP contribution in [-0.2, 0) is 0 Å². The number of nitrogens with zero attached hydrogens (tertiary/aromatic N) is 2. The predicted octanol–water partition coefficient (Wildman–Crippen LogP) is 4.22. The largest absolute Gasteiger partial charge is 0.372 e. The zero-order valence-electron chi connectivity index (χ0n) is 11.7. The molecule has 0 saturated carbocycles. The summed E-state index contributed by atoms with van der Waals surface area (Å²) in [5.41, 5.74) is 3.38. The van der Waals surface area contributed by atoms with Crippen LogP contribution in [0.3, 0.4) is 0 Å². The zero-order chi connectivity index (χ0) is 14.0. The van der Waals surface area contributed by atoms with Crippen molar-refractivity contribution < 1.29 is 0 Å². The first-order chi connectivity index (χ1) is 9.02. The van der Waals surface area contributed by atoms with E-state index in [1.807, 2.05) is 13.1 Å². The molecule has 1 heterocycles. The Labute approximate surface area is 128 Å². The fourth-order valence-corrected chi connectivity index (χ4v) is 3.06. The summed E-state index contributed by atoms with van der Waals surface area (Å²) in [5, 5.41) is 3.16. The molecule has 0 amide bonds. The Morgan fingerprint density at radius 1 is 1.21 bits per heavy atom. The monoisotopic (exact) mass is 367 g/mol. The van der Waals surface area contributed by atoms with Crippen LogP contribution in [0.1, 0.15) is 31.0 Å². The SMILES string of the molecule is CNc1nc(-c2cccc(C)c2)nc(C(C)C)c1I. The number of benzene rings is 1. The molecule has 2 rings (SSSR count). The number of halogens is 1. The first-order valence-electron chi connectivity index (χ1n) is 6.35. The first kappa shape index (κ1) is 14.2. The smallest absolute Gasteiger partial charge is 0.161 e. The summed E-state index contributed by atoms with van der Waals surface area (Å²) in [6.07, 6.45) is 0. The first-order valence-corrected chi connectivity index (χ1v) is 7.43. The van der Waals surface area contributed by atoms with Crippen LogP contribution >= 0.6 is 22.6 Å². The summed E-state index contributed by atoms with van der Waals surface area (Å²) in [6, 6.07) is 8.29. The minimum atomic E-state index is 0.380. The molecule has 0 unspecified atom stereocenters. The van der Waals surface area contributed by atoms with Crippen LogP contribution in [-0.4, -0.2) is 17.0 Å². The van der Waals surface area contributed by atoms with E-state index >= 15 is 0 Å². The molecule has 0 radical (unpaired) electrons. The van der Waals surface area contributed by atoms with E-state index in [4.69, 9.17) is 4.98 Å². The molecule has 1 N–H and O–H groups in total. The minimum Gasteiger partial charge on any atom is -0.372 e. The Bertz CT molecular complexity index is 594. The van der Waals surface area contributed by atoms with Crippen LogP contribution in [0, 0.1) is 10.5 Å². The van der Waals surface area contributed by atoms with Gasteiger partial charge in [0.15, 0.2) is 5.82 Å². The number of nitrogens with one attached hydrogen (secondary N) is 1. The maximum atomic E-state index is 4.73. The van der Waals surface area contributed by atoms with Gasteiger partial charge in [0.2, 0.25) is 0 Å². The molecule has 1 aromatic carbocycles. The quantitative estimate of drug-likeness (QED) is 0.826. The van der Waals surface area contributed by atoms with E-state index in [0.29, 0.717) is 5.92 Å². The molecule has 0 aliphatic heterocycles. The Morgan fingerprint density at radius 2 is 1.95 bits per heavy atom. The minimum absolute atomic E-state index is 0.380. The fraction of sp³-hybridized carbons (Fsp3) is 0.333. The molecule has 0 aliphatic carbocycles. The van der Waals surface area contributed by atoms with Gasteiger partial charge >= 0.3 is 0 Å². The van der Waals surface area contributed by atoms with Gasteiger partial charge < -0.3 is 5.32 Å². The molecule has 2 aromatic rings. The highest BCUT2D eigenvalue weighted by atomic mass is 127. The Hall–Kier alpha value is -1.17. The van der Waals surface area contributed by atoms with Gasteiger partial charge in [0.1, 0.15) is 5.82 Å². The lowest BCUT2D eigenvalue weighted by molar-refractivity contribution is 0.809. The fourth-order valence-electron chi connectivity index (χ4n) is 1.93. The molecule has 0 spiro atoms. The summed E-state index contributed by atoms with van der Waals surface area (Å²) in [5.74, 6) is 2.07. The van der Waals surface area contributed by atoms with Gasteiger partial charge in [0.25, 0.3) is 0 Å². The Morgan fingerprint density at radius 3 is 2.53 bits per heavy atom. The highest BCUT2D eigenvalue weighted by Gasteiger charge is 2.15. The lowest BCUT2D eigenvalue weighted by Gasteiger charge is -2.13. The van der Waals surface area contributed by atoms with Gasteiger partial charge in [-0.1, -0.05) is 37.6 Å². The third kappa shape index (κ3) is 3.05. The Kier molecular flexibility index (Phi) is 4.39. The van der Waals surface area contributed by atoms with Crippen molar-refractivity contribution in [1.82, 2.24) is 9.97 Å². The van der Waals surface area contributed by atoms with Gasteiger partial charge in [-0.05, 0) is 41.5 Å². The summed E-state index contributed by atoms with van der Waals surface area (Å²) in [4.78, 5) is 9.35. The standard InChI is InChI=1S/C15H18IN3/c1-9(2)13-12(16)15(17-4)19-14(18-13)11-7-5-6-10(3)8-11/h5-9H,1-4H3,(H,17,18,19). The number of hydrogen-bond acceptors (Lipinski definition) is 3. The van der Waals surface area contributed by atoms with E-state index in [0.717, 1.165) is 26.5 Å². The topological polar surface area (TPSA) is 37.8 Å². The molecule has 19 heavy (non-hydrogen) atoms. The number of aryl methyl sites for hydroxylation is 1. The highest BCUT2D eigenvalue weighted by molar-refractivity contribution is 14.1. The Balaban J connectivity index is 2.61. The van der Waals surface area contributed by atoms with E-state index in [1.165, 1.54) is 5.56 Å².